The topological polar surface area (TPSA) is 148 Å². The van der Waals surface area contributed by atoms with Crippen LogP contribution in [0.25, 0.3) is 0 Å². The van der Waals surface area contributed by atoms with E-state index < -0.39 is 52.8 Å². The van der Waals surface area contributed by atoms with Crippen LogP contribution in [0, 0.1) is 22.7 Å². The molecule has 2 aliphatic heterocycles. The Morgan fingerprint density at radius 3 is 2.12 bits per heavy atom. The van der Waals surface area contributed by atoms with Gasteiger partial charge in [0, 0.05) is 6.54 Å². The zero-order valence-electron chi connectivity index (χ0n) is 25.4. The van der Waals surface area contributed by atoms with E-state index in [-0.39, 0.29) is 23.2 Å². The Kier molecular flexibility index (Phi) is 9.62. The summed E-state index contributed by atoms with van der Waals surface area (Å²) in [6.45, 7) is 13.8. The third-order valence-electron chi connectivity index (χ3n) is 9.14. The molecule has 0 radical (unpaired) electrons. The molecule has 4 amide bonds. The van der Waals surface area contributed by atoms with Crippen LogP contribution in [0.3, 0.4) is 0 Å². The van der Waals surface area contributed by atoms with Gasteiger partial charge in [-0.15, -0.1) is 0 Å². The SMILES string of the molecule is CC(C)(C)OC(=O)NC1C(=O)N2CC3C([C@H]2C(=O)N[C@H](C(=O)C(N)=O)CCCCCCCCCC1(C)C)C3(C)C. The van der Waals surface area contributed by atoms with E-state index in [4.69, 9.17) is 10.5 Å². The number of ether oxygens (including phenoxy) is 1. The van der Waals surface area contributed by atoms with Crippen LogP contribution in [0.2, 0.25) is 0 Å². The minimum atomic E-state index is -1.08. The number of ketones is 1. The van der Waals surface area contributed by atoms with Crippen molar-refractivity contribution in [2.45, 2.75) is 130 Å². The van der Waals surface area contributed by atoms with Crippen molar-refractivity contribution in [1.82, 2.24) is 15.5 Å². The van der Waals surface area contributed by atoms with Gasteiger partial charge in [-0.05, 0) is 56.3 Å². The minimum Gasteiger partial charge on any atom is -0.444 e. The van der Waals surface area contributed by atoms with Crippen molar-refractivity contribution in [1.29, 1.82) is 0 Å². The molecule has 3 aliphatic rings. The van der Waals surface area contributed by atoms with Gasteiger partial charge in [0.15, 0.2) is 0 Å². The average molecular weight is 563 g/mol. The fraction of sp³-hybridized carbons (Fsp3) is 0.833. The molecule has 1 aliphatic carbocycles. The number of rotatable bonds is 3. The Morgan fingerprint density at radius 1 is 0.975 bits per heavy atom. The molecule has 10 heteroatoms. The zero-order chi connectivity index (χ0) is 30.0. The highest BCUT2D eigenvalue weighted by atomic mass is 16.6. The van der Waals surface area contributed by atoms with E-state index in [0.717, 1.165) is 44.9 Å². The van der Waals surface area contributed by atoms with Crippen molar-refractivity contribution < 1.29 is 28.7 Å². The Morgan fingerprint density at radius 2 is 1.55 bits per heavy atom. The molecular formula is C30H50N4O6. The number of amides is 4. The molecule has 0 spiro atoms. The lowest BCUT2D eigenvalue weighted by Gasteiger charge is -2.39. The summed E-state index contributed by atoms with van der Waals surface area (Å²) in [5, 5.41) is 5.64. The van der Waals surface area contributed by atoms with Crippen LogP contribution in [0.5, 0.6) is 0 Å². The molecule has 0 aromatic carbocycles. The highest BCUT2D eigenvalue weighted by Crippen LogP contribution is 2.65. The zero-order valence-corrected chi connectivity index (χ0v) is 25.4. The molecule has 0 aromatic heterocycles. The number of piperidine rings is 1. The smallest absolute Gasteiger partial charge is 0.408 e. The first kappa shape index (κ1) is 31.9. The number of carbonyl (C=O) groups excluding carboxylic acids is 5. The van der Waals surface area contributed by atoms with E-state index in [9.17, 15) is 24.0 Å². The van der Waals surface area contributed by atoms with Crippen LogP contribution in [0.1, 0.15) is 106 Å². The maximum Gasteiger partial charge on any atom is 0.408 e. The van der Waals surface area contributed by atoms with Gasteiger partial charge >= 0.3 is 6.09 Å². The third kappa shape index (κ3) is 7.35. The van der Waals surface area contributed by atoms with E-state index in [2.05, 4.69) is 24.5 Å². The largest absolute Gasteiger partial charge is 0.444 e. The molecule has 2 saturated heterocycles. The van der Waals surface area contributed by atoms with E-state index in [0.29, 0.717) is 19.4 Å². The van der Waals surface area contributed by atoms with Gasteiger partial charge in [0.05, 0.1) is 6.04 Å². The highest BCUT2D eigenvalue weighted by Gasteiger charge is 2.70. The predicted octanol–water partition coefficient (Wildman–Crippen LogP) is 3.45. The molecule has 3 unspecified atom stereocenters. The summed E-state index contributed by atoms with van der Waals surface area (Å²) in [6.07, 6.45) is 6.91. The van der Waals surface area contributed by atoms with Gasteiger partial charge in [-0.1, -0.05) is 72.6 Å². The van der Waals surface area contributed by atoms with Gasteiger partial charge in [-0.3, -0.25) is 19.2 Å². The van der Waals surface area contributed by atoms with Crippen LogP contribution in [0.15, 0.2) is 0 Å². The van der Waals surface area contributed by atoms with E-state index >= 15 is 0 Å². The van der Waals surface area contributed by atoms with Crippen LogP contribution < -0.4 is 16.4 Å². The van der Waals surface area contributed by atoms with Crippen LogP contribution in [0.4, 0.5) is 4.79 Å². The molecule has 2 heterocycles. The summed E-state index contributed by atoms with van der Waals surface area (Å²) in [7, 11) is 0. The molecule has 226 valence electrons. The second-order valence-corrected chi connectivity index (χ2v) is 14.3. The van der Waals surface area contributed by atoms with Gasteiger partial charge in [0.1, 0.15) is 17.7 Å². The number of nitrogens with zero attached hydrogens (tertiary/aromatic N) is 1. The van der Waals surface area contributed by atoms with E-state index in [1.54, 1.807) is 25.7 Å². The number of hydrogen-bond donors (Lipinski definition) is 3. The number of hydrogen-bond acceptors (Lipinski definition) is 6. The number of primary amides is 1. The van der Waals surface area contributed by atoms with Crippen LogP contribution >= 0.6 is 0 Å². The van der Waals surface area contributed by atoms with Crippen molar-refractivity contribution >= 4 is 29.6 Å². The first-order valence-corrected chi connectivity index (χ1v) is 14.9. The average Bonchev–Trinajstić information content (AvgIpc) is 3.15. The fourth-order valence-electron chi connectivity index (χ4n) is 6.65. The van der Waals surface area contributed by atoms with Crippen molar-refractivity contribution in [3.63, 3.8) is 0 Å². The second kappa shape index (κ2) is 12.1. The molecule has 4 N–H and O–H groups in total. The molecule has 40 heavy (non-hydrogen) atoms. The quantitative estimate of drug-likeness (QED) is 0.449. The summed E-state index contributed by atoms with van der Waals surface area (Å²) >= 11 is 0. The summed E-state index contributed by atoms with van der Waals surface area (Å²) in [4.78, 5) is 67.0. The lowest BCUT2D eigenvalue weighted by atomic mass is 9.78. The Balaban J connectivity index is 1.96. The third-order valence-corrected chi connectivity index (χ3v) is 9.14. The molecule has 0 bridgehead atoms. The van der Waals surface area contributed by atoms with Crippen molar-refractivity contribution in [3.8, 4) is 0 Å². The lowest BCUT2D eigenvalue weighted by molar-refractivity contribution is -0.145. The molecule has 5 atom stereocenters. The van der Waals surface area contributed by atoms with Crippen LogP contribution in [-0.2, 0) is 23.9 Å². The number of Topliss-reactive ketones (excluding diaryl/α,β-unsaturated/α-hetero) is 1. The highest BCUT2D eigenvalue weighted by molar-refractivity contribution is 6.37. The molecule has 1 saturated carbocycles. The maximum atomic E-state index is 14.3. The minimum absolute atomic E-state index is 0.0897. The normalized spacial score (nSPS) is 31.2. The molecule has 3 rings (SSSR count). The Hall–Kier alpha value is -2.65. The Labute approximate surface area is 238 Å². The summed E-state index contributed by atoms with van der Waals surface area (Å²) in [5.74, 6) is -2.66. The fourth-order valence-corrected chi connectivity index (χ4v) is 6.65. The van der Waals surface area contributed by atoms with Crippen molar-refractivity contribution in [2.75, 3.05) is 6.54 Å². The molecular weight excluding hydrogens is 512 g/mol. The lowest BCUT2D eigenvalue weighted by Crippen LogP contribution is -2.61. The number of nitrogens with two attached hydrogens (primary N) is 1. The van der Waals surface area contributed by atoms with Gasteiger partial charge in [-0.25, -0.2) is 4.79 Å². The molecule has 0 aromatic rings. The number of nitrogens with one attached hydrogen (secondary N) is 2. The summed E-state index contributed by atoms with van der Waals surface area (Å²) in [6, 6.07) is -2.74. The first-order chi connectivity index (χ1) is 18.5. The number of fused-ring (bicyclic) bond motifs is 3. The summed E-state index contributed by atoms with van der Waals surface area (Å²) < 4.78 is 5.51. The van der Waals surface area contributed by atoms with Gasteiger partial charge in [-0.2, -0.15) is 0 Å². The number of alkyl carbamates (subject to hydrolysis) is 1. The van der Waals surface area contributed by atoms with E-state index in [1.807, 2.05) is 13.8 Å². The Bertz CT molecular complexity index is 1000. The second-order valence-electron chi connectivity index (χ2n) is 14.3. The van der Waals surface area contributed by atoms with Gasteiger partial charge in [0.2, 0.25) is 17.6 Å². The monoisotopic (exact) mass is 562 g/mol. The predicted molar refractivity (Wildman–Crippen MR) is 151 cm³/mol. The van der Waals surface area contributed by atoms with E-state index in [1.165, 1.54) is 0 Å². The summed E-state index contributed by atoms with van der Waals surface area (Å²) in [5.41, 5.74) is 3.83. The van der Waals surface area contributed by atoms with Crippen LogP contribution in [-0.4, -0.2) is 64.8 Å². The van der Waals surface area contributed by atoms with Gasteiger partial charge in [0.25, 0.3) is 5.91 Å². The van der Waals surface area contributed by atoms with Crippen molar-refractivity contribution in [2.24, 2.45) is 28.4 Å². The standard InChI is InChI=1S/C30H50N4O6/c1-28(2,3)40-27(39)33-23-26(38)34-17-18-20(30(18,6)7)21(34)25(37)32-19(22(35)24(31)36)15-13-11-9-8-10-12-14-16-29(23,4)5/h18-21,23H,8-17H2,1-7H3,(H2,31,36)(H,32,37)(H,33,39)/t18?,19-,20?,21-,23?/m0/s1. The van der Waals surface area contributed by atoms with Crippen molar-refractivity contribution in [3.05, 3.63) is 0 Å². The first-order valence-electron chi connectivity index (χ1n) is 14.9. The molecule has 3 fully saturated rings. The molecule has 10 nitrogen and oxygen atoms in total. The maximum absolute atomic E-state index is 14.3. The number of carbonyl (C=O) groups is 5. The van der Waals surface area contributed by atoms with Gasteiger partial charge < -0.3 is 26.0 Å².